The summed E-state index contributed by atoms with van der Waals surface area (Å²) in [5, 5.41) is 0. The molecular weight excluding hydrogens is 330 g/mol. The molecule has 0 atom stereocenters. The summed E-state index contributed by atoms with van der Waals surface area (Å²) in [4.78, 5) is 0.362. The minimum Gasteiger partial charge on any atom is -0.384 e. The number of piperidine rings is 1. The molecule has 2 rings (SSSR count). The van der Waals surface area contributed by atoms with Crippen LogP contribution in [0.2, 0.25) is 0 Å². The van der Waals surface area contributed by atoms with Crippen molar-refractivity contribution >= 4 is 26.0 Å². The van der Waals surface area contributed by atoms with Gasteiger partial charge in [-0.05, 0) is 43.0 Å². The van der Waals surface area contributed by atoms with Crippen molar-refractivity contribution in [2.75, 3.05) is 26.8 Å². The summed E-state index contributed by atoms with van der Waals surface area (Å²) in [5.41, 5.74) is 0. The highest BCUT2D eigenvalue weighted by Gasteiger charge is 2.29. The zero-order valence-corrected chi connectivity index (χ0v) is 13.3. The van der Waals surface area contributed by atoms with Gasteiger partial charge in [-0.25, -0.2) is 8.42 Å². The molecule has 0 radical (unpaired) electrons. The van der Waals surface area contributed by atoms with Crippen LogP contribution in [0.5, 0.6) is 0 Å². The summed E-state index contributed by atoms with van der Waals surface area (Å²) in [5.74, 6) is 0.473. The number of sulfonamides is 1. The molecule has 0 aliphatic carbocycles. The zero-order valence-electron chi connectivity index (χ0n) is 10.9. The van der Waals surface area contributed by atoms with Crippen molar-refractivity contribution in [3.05, 3.63) is 28.7 Å². The molecule has 0 spiro atoms. The third-order valence-corrected chi connectivity index (χ3v) is 5.87. The lowest BCUT2D eigenvalue weighted by atomic mass is 9.99. The summed E-state index contributed by atoms with van der Waals surface area (Å²) < 4.78 is 32.5. The van der Waals surface area contributed by atoms with Crippen molar-refractivity contribution in [2.45, 2.75) is 17.7 Å². The fraction of sp³-hybridized carbons (Fsp3) is 0.538. The second-order valence-electron chi connectivity index (χ2n) is 4.76. The van der Waals surface area contributed by atoms with Crippen LogP contribution >= 0.6 is 15.9 Å². The summed E-state index contributed by atoms with van der Waals surface area (Å²) in [6, 6.07) is 6.79. The molecule has 1 aromatic rings. The molecular formula is C13H18BrNO3S. The molecule has 106 valence electrons. The van der Waals surface area contributed by atoms with Crippen LogP contribution in [0.3, 0.4) is 0 Å². The summed E-state index contributed by atoms with van der Waals surface area (Å²) >= 11 is 3.31. The van der Waals surface area contributed by atoms with Crippen LogP contribution in [-0.2, 0) is 14.8 Å². The van der Waals surface area contributed by atoms with E-state index < -0.39 is 10.0 Å². The van der Waals surface area contributed by atoms with Crippen LogP contribution < -0.4 is 0 Å². The monoisotopic (exact) mass is 347 g/mol. The highest BCUT2D eigenvalue weighted by molar-refractivity contribution is 9.10. The Bertz CT molecular complexity index is 507. The minimum atomic E-state index is -3.35. The molecule has 1 aliphatic rings. The van der Waals surface area contributed by atoms with Gasteiger partial charge in [-0.2, -0.15) is 4.31 Å². The quantitative estimate of drug-likeness (QED) is 0.840. The number of hydrogen-bond acceptors (Lipinski definition) is 3. The van der Waals surface area contributed by atoms with Gasteiger partial charge in [0.15, 0.2) is 0 Å². The molecule has 1 aliphatic heterocycles. The number of rotatable bonds is 4. The molecule has 6 heteroatoms. The molecule has 0 aromatic heterocycles. The Labute approximate surface area is 122 Å². The van der Waals surface area contributed by atoms with Gasteiger partial charge in [0.25, 0.3) is 0 Å². The molecule has 1 aromatic carbocycles. The molecule has 0 N–H and O–H groups in total. The van der Waals surface area contributed by atoms with E-state index in [1.54, 1.807) is 35.7 Å². The molecule has 0 saturated carbocycles. The van der Waals surface area contributed by atoms with Crippen molar-refractivity contribution in [3.63, 3.8) is 0 Å². The fourth-order valence-corrected chi connectivity index (χ4v) is 4.04. The third-order valence-electron chi connectivity index (χ3n) is 3.43. The standard InChI is InChI=1S/C13H18BrNO3S/c1-18-10-11-6-8-15(9-7-11)19(16,17)13-4-2-12(14)3-5-13/h2-5,11H,6-10H2,1H3. The SMILES string of the molecule is COCC1CCN(S(=O)(=O)c2ccc(Br)cc2)CC1. The van der Waals surface area contributed by atoms with Crippen LogP contribution in [-0.4, -0.2) is 39.5 Å². The molecule has 0 unspecified atom stereocenters. The highest BCUT2D eigenvalue weighted by Crippen LogP contribution is 2.24. The maximum Gasteiger partial charge on any atom is 0.243 e. The number of benzene rings is 1. The Morgan fingerprint density at radius 3 is 2.37 bits per heavy atom. The largest absolute Gasteiger partial charge is 0.384 e. The van der Waals surface area contributed by atoms with E-state index in [4.69, 9.17) is 4.74 Å². The van der Waals surface area contributed by atoms with Gasteiger partial charge in [0.05, 0.1) is 4.90 Å². The zero-order chi connectivity index (χ0) is 13.9. The normalized spacial score (nSPS) is 18.6. The van der Waals surface area contributed by atoms with Crippen molar-refractivity contribution in [1.82, 2.24) is 4.31 Å². The van der Waals surface area contributed by atoms with Gasteiger partial charge in [-0.3, -0.25) is 0 Å². The van der Waals surface area contributed by atoms with Gasteiger partial charge in [0, 0.05) is 31.3 Å². The first-order valence-electron chi connectivity index (χ1n) is 6.28. The van der Waals surface area contributed by atoms with E-state index in [1.807, 2.05) is 0 Å². The topological polar surface area (TPSA) is 46.6 Å². The van der Waals surface area contributed by atoms with Crippen molar-refractivity contribution in [3.8, 4) is 0 Å². The van der Waals surface area contributed by atoms with E-state index in [0.717, 1.165) is 17.3 Å². The van der Waals surface area contributed by atoms with Crippen LogP contribution in [0.15, 0.2) is 33.6 Å². The number of halogens is 1. The van der Waals surface area contributed by atoms with Gasteiger partial charge in [-0.1, -0.05) is 15.9 Å². The van der Waals surface area contributed by atoms with Crippen molar-refractivity contribution in [1.29, 1.82) is 0 Å². The average molecular weight is 348 g/mol. The predicted octanol–water partition coefficient (Wildman–Crippen LogP) is 2.50. The molecule has 19 heavy (non-hydrogen) atoms. The summed E-state index contributed by atoms with van der Waals surface area (Å²) in [6.07, 6.45) is 1.73. The van der Waals surface area contributed by atoms with Crippen molar-refractivity contribution < 1.29 is 13.2 Å². The van der Waals surface area contributed by atoms with E-state index in [9.17, 15) is 8.42 Å². The Morgan fingerprint density at radius 2 is 1.84 bits per heavy atom. The lowest BCUT2D eigenvalue weighted by Gasteiger charge is -2.30. The first-order chi connectivity index (χ1) is 9.04. The lowest BCUT2D eigenvalue weighted by molar-refractivity contribution is 0.121. The van der Waals surface area contributed by atoms with E-state index >= 15 is 0 Å². The maximum atomic E-state index is 12.4. The Morgan fingerprint density at radius 1 is 1.26 bits per heavy atom. The van der Waals surface area contributed by atoms with Crippen LogP contribution in [0.25, 0.3) is 0 Å². The number of hydrogen-bond donors (Lipinski definition) is 0. The average Bonchev–Trinajstić information content (AvgIpc) is 2.40. The number of nitrogens with zero attached hydrogens (tertiary/aromatic N) is 1. The first-order valence-corrected chi connectivity index (χ1v) is 8.52. The van der Waals surface area contributed by atoms with Gasteiger partial charge in [0.1, 0.15) is 0 Å². The van der Waals surface area contributed by atoms with Crippen LogP contribution in [0, 0.1) is 5.92 Å². The predicted molar refractivity (Wildman–Crippen MR) is 77.5 cm³/mol. The van der Waals surface area contributed by atoms with E-state index in [2.05, 4.69) is 15.9 Å². The molecule has 1 fully saturated rings. The van der Waals surface area contributed by atoms with Crippen molar-refractivity contribution in [2.24, 2.45) is 5.92 Å². The molecule has 0 amide bonds. The second-order valence-corrected chi connectivity index (χ2v) is 7.61. The molecule has 4 nitrogen and oxygen atoms in total. The smallest absolute Gasteiger partial charge is 0.243 e. The summed E-state index contributed by atoms with van der Waals surface area (Å²) in [6.45, 7) is 1.87. The third kappa shape index (κ3) is 3.56. The minimum absolute atomic E-state index is 0.362. The number of methoxy groups -OCH3 is 1. The van der Waals surface area contributed by atoms with Gasteiger partial charge < -0.3 is 4.74 Å². The van der Waals surface area contributed by atoms with E-state index in [0.29, 0.717) is 30.5 Å². The fourth-order valence-electron chi connectivity index (χ4n) is 2.31. The Balaban J connectivity index is 2.07. The highest BCUT2D eigenvalue weighted by atomic mass is 79.9. The summed E-state index contributed by atoms with van der Waals surface area (Å²) in [7, 11) is -1.66. The maximum absolute atomic E-state index is 12.4. The van der Waals surface area contributed by atoms with Gasteiger partial charge >= 0.3 is 0 Å². The molecule has 1 saturated heterocycles. The Kier molecular flexibility index (Phi) is 5.00. The second kappa shape index (κ2) is 6.35. The molecule has 0 bridgehead atoms. The van der Waals surface area contributed by atoms with E-state index in [1.165, 1.54) is 0 Å². The van der Waals surface area contributed by atoms with E-state index in [-0.39, 0.29) is 0 Å². The molecule has 1 heterocycles. The number of ether oxygens (including phenoxy) is 1. The lowest BCUT2D eigenvalue weighted by Crippen LogP contribution is -2.39. The van der Waals surface area contributed by atoms with Gasteiger partial charge in [-0.15, -0.1) is 0 Å². The van der Waals surface area contributed by atoms with Gasteiger partial charge in [0.2, 0.25) is 10.0 Å². The van der Waals surface area contributed by atoms with Crippen LogP contribution in [0.4, 0.5) is 0 Å². The van der Waals surface area contributed by atoms with Crippen LogP contribution in [0.1, 0.15) is 12.8 Å². The Hall–Kier alpha value is -0.430. The first kappa shape index (κ1) is 15.0.